The Bertz CT molecular complexity index is 705. The summed E-state index contributed by atoms with van der Waals surface area (Å²) >= 11 is 6.10. The van der Waals surface area contributed by atoms with Crippen LogP contribution in [0, 0.1) is 5.92 Å². The number of carbonyl (C=O) groups excluding carboxylic acids is 1. The number of rotatable bonds is 6. The SMILES string of the molecule is CCOC(=O)C1CCN(C(=NC)NCC(c2ccc(Cl)cc2)N2CCOCC2)CC1.I. The van der Waals surface area contributed by atoms with E-state index in [0.29, 0.717) is 6.61 Å². The third-order valence-electron chi connectivity index (χ3n) is 5.82. The van der Waals surface area contributed by atoms with Gasteiger partial charge in [0.05, 0.1) is 31.8 Å². The number of likely N-dealkylation sites (tertiary alicyclic amines) is 1. The third kappa shape index (κ3) is 7.47. The van der Waals surface area contributed by atoms with Crippen molar-refractivity contribution in [1.82, 2.24) is 15.1 Å². The molecule has 174 valence electrons. The second-order valence-corrected chi connectivity index (χ2v) is 8.09. The number of ether oxygens (including phenoxy) is 2. The van der Waals surface area contributed by atoms with Gasteiger partial charge in [0.25, 0.3) is 0 Å². The van der Waals surface area contributed by atoms with Crippen LogP contribution in [-0.4, -0.2) is 81.3 Å². The van der Waals surface area contributed by atoms with Gasteiger partial charge >= 0.3 is 5.97 Å². The van der Waals surface area contributed by atoms with E-state index in [-0.39, 0.29) is 41.9 Å². The summed E-state index contributed by atoms with van der Waals surface area (Å²) in [4.78, 5) is 21.2. The summed E-state index contributed by atoms with van der Waals surface area (Å²) in [6.45, 7) is 7.93. The maximum atomic E-state index is 12.0. The van der Waals surface area contributed by atoms with Gasteiger partial charge in [-0.1, -0.05) is 23.7 Å². The van der Waals surface area contributed by atoms with Crippen molar-refractivity contribution < 1.29 is 14.3 Å². The summed E-state index contributed by atoms with van der Waals surface area (Å²) in [7, 11) is 1.81. The van der Waals surface area contributed by atoms with Gasteiger partial charge in [0.2, 0.25) is 0 Å². The lowest BCUT2D eigenvalue weighted by atomic mass is 9.97. The van der Waals surface area contributed by atoms with Gasteiger partial charge in [-0.2, -0.15) is 0 Å². The van der Waals surface area contributed by atoms with E-state index < -0.39 is 0 Å². The highest BCUT2D eigenvalue weighted by Gasteiger charge is 2.28. The van der Waals surface area contributed by atoms with Crippen molar-refractivity contribution in [2.45, 2.75) is 25.8 Å². The molecule has 0 aromatic heterocycles. The molecule has 0 bridgehead atoms. The number of nitrogens with zero attached hydrogens (tertiary/aromatic N) is 3. The first-order valence-corrected chi connectivity index (χ1v) is 11.2. The van der Waals surface area contributed by atoms with Crippen molar-refractivity contribution in [3.05, 3.63) is 34.9 Å². The second-order valence-electron chi connectivity index (χ2n) is 7.66. The van der Waals surface area contributed by atoms with Crippen LogP contribution >= 0.6 is 35.6 Å². The normalized spacial score (nSPS) is 19.5. The van der Waals surface area contributed by atoms with E-state index in [2.05, 4.69) is 32.2 Å². The van der Waals surface area contributed by atoms with E-state index in [0.717, 1.165) is 69.8 Å². The van der Waals surface area contributed by atoms with Crippen LogP contribution in [0.25, 0.3) is 0 Å². The van der Waals surface area contributed by atoms with Gasteiger partial charge in [0.15, 0.2) is 5.96 Å². The van der Waals surface area contributed by atoms with Crippen LogP contribution in [0.15, 0.2) is 29.3 Å². The average molecular weight is 565 g/mol. The number of guanidine groups is 1. The topological polar surface area (TPSA) is 66.4 Å². The van der Waals surface area contributed by atoms with Crippen molar-refractivity contribution in [1.29, 1.82) is 0 Å². The molecule has 0 aliphatic carbocycles. The van der Waals surface area contributed by atoms with Gasteiger partial charge in [-0.3, -0.25) is 14.7 Å². The first-order valence-electron chi connectivity index (χ1n) is 10.8. The minimum absolute atomic E-state index is 0. The molecule has 1 aromatic rings. The van der Waals surface area contributed by atoms with Gasteiger partial charge in [0.1, 0.15) is 0 Å². The fourth-order valence-corrected chi connectivity index (χ4v) is 4.27. The number of carbonyl (C=O) groups is 1. The molecule has 1 unspecified atom stereocenters. The lowest BCUT2D eigenvalue weighted by molar-refractivity contribution is -0.149. The number of morpholine rings is 1. The molecule has 2 heterocycles. The molecule has 31 heavy (non-hydrogen) atoms. The maximum Gasteiger partial charge on any atom is 0.309 e. The minimum Gasteiger partial charge on any atom is -0.466 e. The second kappa shape index (κ2) is 13.4. The van der Waals surface area contributed by atoms with Crippen molar-refractivity contribution in [3.8, 4) is 0 Å². The smallest absolute Gasteiger partial charge is 0.309 e. The zero-order chi connectivity index (χ0) is 21.3. The Morgan fingerprint density at radius 1 is 1.23 bits per heavy atom. The third-order valence-corrected chi connectivity index (χ3v) is 6.07. The summed E-state index contributed by atoms with van der Waals surface area (Å²) in [5.41, 5.74) is 1.23. The number of benzene rings is 1. The molecule has 0 radical (unpaired) electrons. The number of hydrogen-bond acceptors (Lipinski definition) is 5. The van der Waals surface area contributed by atoms with Gasteiger partial charge in [-0.15, -0.1) is 24.0 Å². The average Bonchev–Trinajstić information content (AvgIpc) is 2.79. The number of nitrogens with one attached hydrogen (secondary N) is 1. The van der Waals surface area contributed by atoms with Gasteiger partial charge in [0, 0.05) is 44.8 Å². The number of piperidine rings is 1. The predicted octanol–water partition coefficient (Wildman–Crippen LogP) is 3.18. The number of halogens is 2. The molecule has 0 amide bonds. The van der Waals surface area contributed by atoms with E-state index in [1.165, 1.54) is 5.56 Å². The van der Waals surface area contributed by atoms with Crippen LogP contribution in [0.1, 0.15) is 31.4 Å². The molecule has 1 N–H and O–H groups in total. The molecular weight excluding hydrogens is 531 g/mol. The van der Waals surface area contributed by atoms with Crippen LogP contribution in [0.2, 0.25) is 5.02 Å². The lowest BCUT2D eigenvalue weighted by Gasteiger charge is -2.37. The van der Waals surface area contributed by atoms with Gasteiger partial charge in [-0.05, 0) is 37.5 Å². The van der Waals surface area contributed by atoms with Crippen LogP contribution in [0.5, 0.6) is 0 Å². The summed E-state index contributed by atoms with van der Waals surface area (Å²) < 4.78 is 10.7. The van der Waals surface area contributed by atoms with Crippen LogP contribution in [0.4, 0.5) is 0 Å². The van der Waals surface area contributed by atoms with E-state index in [9.17, 15) is 4.79 Å². The van der Waals surface area contributed by atoms with Crippen molar-refractivity contribution >= 4 is 47.5 Å². The molecule has 1 atom stereocenters. The monoisotopic (exact) mass is 564 g/mol. The molecule has 9 heteroatoms. The highest BCUT2D eigenvalue weighted by Crippen LogP contribution is 2.24. The molecule has 2 aliphatic heterocycles. The highest BCUT2D eigenvalue weighted by molar-refractivity contribution is 14.0. The van der Waals surface area contributed by atoms with Crippen molar-refractivity contribution in [2.75, 3.05) is 59.6 Å². The van der Waals surface area contributed by atoms with Crippen molar-refractivity contribution in [2.24, 2.45) is 10.9 Å². The molecule has 3 rings (SSSR count). The van der Waals surface area contributed by atoms with E-state index in [4.69, 9.17) is 21.1 Å². The molecule has 0 spiro atoms. The van der Waals surface area contributed by atoms with Crippen LogP contribution in [0.3, 0.4) is 0 Å². The van der Waals surface area contributed by atoms with Gasteiger partial charge in [-0.25, -0.2) is 0 Å². The Balaban J connectivity index is 0.00000341. The summed E-state index contributed by atoms with van der Waals surface area (Å²) in [5, 5.41) is 4.31. The molecule has 2 saturated heterocycles. The van der Waals surface area contributed by atoms with Gasteiger partial charge < -0.3 is 19.7 Å². The predicted molar refractivity (Wildman–Crippen MR) is 134 cm³/mol. The van der Waals surface area contributed by atoms with E-state index >= 15 is 0 Å². The Morgan fingerprint density at radius 2 is 1.87 bits per heavy atom. The Hall–Kier alpha value is -1.10. The fourth-order valence-electron chi connectivity index (χ4n) is 4.14. The van der Waals surface area contributed by atoms with Crippen LogP contribution in [-0.2, 0) is 14.3 Å². The molecular formula is C22H34ClIN4O3. The van der Waals surface area contributed by atoms with E-state index in [1.54, 1.807) is 0 Å². The number of hydrogen-bond donors (Lipinski definition) is 1. The maximum absolute atomic E-state index is 12.0. The minimum atomic E-state index is -0.0739. The summed E-state index contributed by atoms with van der Waals surface area (Å²) in [6.07, 6.45) is 1.59. The zero-order valence-corrected chi connectivity index (χ0v) is 21.5. The van der Waals surface area contributed by atoms with E-state index in [1.807, 2.05) is 26.1 Å². The molecule has 2 aliphatic rings. The largest absolute Gasteiger partial charge is 0.466 e. The fraction of sp³-hybridized carbons (Fsp3) is 0.636. The first-order chi connectivity index (χ1) is 14.6. The lowest BCUT2D eigenvalue weighted by Crippen LogP contribution is -2.50. The summed E-state index contributed by atoms with van der Waals surface area (Å²) in [6, 6.07) is 8.29. The van der Waals surface area contributed by atoms with Crippen molar-refractivity contribution in [3.63, 3.8) is 0 Å². The van der Waals surface area contributed by atoms with Crippen LogP contribution < -0.4 is 5.32 Å². The summed E-state index contributed by atoms with van der Waals surface area (Å²) in [5.74, 6) is 0.800. The Kier molecular flexibility index (Phi) is 11.3. The zero-order valence-electron chi connectivity index (χ0n) is 18.4. The quantitative estimate of drug-likeness (QED) is 0.248. The first kappa shape index (κ1) is 26.2. The molecule has 1 aromatic carbocycles. The Labute approximate surface area is 207 Å². The Morgan fingerprint density at radius 3 is 2.45 bits per heavy atom. The molecule has 7 nitrogen and oxygen atoms in total. The highest BCUT2D eigenvalue weighted by atomic mass is 127. The molecule has 0 saturated carbocycles. The number of aliphatic imine (C=N–C) groups is 1. The number of esters is 1. The molecule has 2 fully saturated rings. The standard InChI is InChI=1S/C22H33ClN4O3.HI/c1-3-30-21(28)18-8-10-27(11-9-18)22(24-2)25-16-20(26-12-14-29-15-13-26)17-4-6-19(23)7-5-17;/h4-7,18,20H,3,8-16H2,1-2H3,(H,24,25);1H.